The summed E-state index contributed by atoms with van der Waals surface area (Å²) in [4.78, 5) is 41.9. The first-order valence-electron chi connectivity index (χ1n) is 12.0. The van der Waals surface area contributed by atoms with Crippen molar-refractivity contribution in [1.29, 1.82) is 5.26 Å². The number of halogens is 2. The van der Waals surface area contributed by atoms with Crippen molar-refractivity contribution in [2.45, 2.75) is 19.4 Å². The predicted molar refractivity (Wildman–Crippen MR) is 150 cm³/mol. The molecule has 0 fully saturated rings. The lowest BCUT2D eigenvalue weighted by molar-refractivity contribution is -0.143. The van der Waals surface area contributed by atoms with Crippen LogP contribution in [0.3, 0.4) is 0 Å². The molecule has 40 heavy (non-hydrogen) atoms. The third-order valence-electron chi connectivity index (χ3n) is 5.17. The molecule has 0 aliphatic heterocycles. The summed E-state index contributed by atoms with van der Waals surface area (Å²) in [6, 6.07) is 18.8. The Balaban J connectivity index is 1.67. The molecule has 0 aliphatic carbocycles. The van der Waals surface area contributed by atoms with Gasteiger partial charge in [-0.3, -0.25) is 14.4 Å². The van der Waals surface area contributed by atoms with Crippen LogP contribution in [0.15, 0.2) is 77.8 Å². The summed E-state index contributed by atoms with van der Waals surface area (Å²) in [6.45, 7) is 1.48. The van der Waals surface area contributed by atoms with Gasteiger partial charge in [-0.25, -0.2) is 5.32 Å². The van der Waals surface area contributed by atoms with E-state index >= 15 is 0 Å². The number of aliphatic imine (C=N–C) groups is 1. The Morgan fingerprint density at radius 2 is 1.73 bits per heavy atom. The third kappa shape index (κ3) is 9.62. The highest BCUT2D eigenvalue weighted by Gasteiger charge is 2.21. The summed E-state index contributed by atoms with van der Waals surface area (Å²) in [5.74, 6) is -1.15. The van der Waals surface area contributed by atoms with Crippen molar-refractivity contribution >= 4 is 52.7 Å². The zero-order chi connectivity index (χ0) is 28.9. The van der Waals surface area contributed by atoms with E-state index in [-0.39, 0.29) is 31.2 Å². The number of ether oxygens (including phenoxy) is 2. The first-order valence-corrected chi connectivity index (χ1v) is 12.8. The molecule has 0 bridgehead atoms. The number of amidine groups is 1. The Morgan fingerprint density at radius 1 is 1.00 bits per heavy atom. The van der Waals surface area contributed by atoms with Gasteiger partial charge in [0.25, 0.3) is 5.91 Å². The largest absolute Gasteiger partial charge is 0.466 e. The van der Waals surface area contributed by atoms with Gasteiger partial charge in [-0.05, 0) is 61.0 Å². The number of rotatable bonds is 10. The maximum Gasteiger partial charge on any atom is 0.309 e. The smallest absolute Gasteiger partial charge is 0.309 e. The van der Waals surface area contributed by atoms with Gasteiger partial charge in [0.15, 0.2) is 6.19 Å². The van der Waals surface area contributed by atoms with E-state index in [0.717, 1.165) is 0 Å². The second kappa shape index (κ2) is 15.1. The molecular formula is C28H25Cl2N5O5. The molecule has 3 aromatic carbocycles. The van der Waals surface area contributed by atoms with E-state index < -0.39 is 23.8 Å². The molecule has 0 radical (unpaired) electrons. The Labute approximate surface area is 240 Å². The number of benzene rings is 3. The van der Waals surface area contributed by atoms with Crippen LogP contribution in [0.5, 0.6) is 5.75 Å². The highest BCUT2D eigenvalue weighted by molar-refractivity contribution is 6.34. The van der Waals surface area contributed by atoms with Crippen molar-refractivity contribution in [1.82, 2.24) is 16.0 Å². The minimum Gasteiger partial charge on any atom is -0.466 e. The van der Waals surface area contributed by atoms with Crippen LogP contribution in [-0.4, -0.2) is 37.0 Å². The molecule has 0 aliphatic rings. The summed E-state index contributed by atoms with van der Waals surface area (Å²) in [6.07, 6.45) is 1.60. The van der Waals surface area contributed by atoms with Crippen molar-refractivity contribution in [2.75, 3.05) is 13.2 Å². The highest BCUT2D eigenvalue weighted by atomic mass is 35.5. The number of nitrogens with one attached hydrogen (secondary N) is 3. The van der Waals surface area contributed by atoms with Crippen molar-refractivity contribution in [3.05, 3.63) is 94.0 Å². The van der Waals surface area contributed by atoms with E-state index in [1.807, 2.05) is 6.07 Å². The number of carbonyl (C=O) groups excluding carboxylic acids is 3. The molecule has 0 saturated heterocycles. The third-order valence-corrected chi connectivity index (χ3v) is 5.60. The molecule has 3 rings (SSSR count). The molecule has 0 heterocycles. The van der Waals surface area contributed by atoms with Crippen LogP contribution in [0.4, 0.5) is 5.69 Å². The molecule has 12 heteroatoms. The number of amides is 2. The van der Waals surface area contributed by atoms with Gasteiger partial charge in [-0.15, -0.1) is 0 Å². The Morgan fingerprint density at radius 3 is 2.40 bits per heavy atom. The normalized spacial score (nSPS) is 11.5. The van der Waals surface area contributed by atoms with Crippen LogP contribution in [0, 0.1) is 11.5 Å². The summed E-state index contributed by atoms with van der Waals surface area (Å²) in [5, 5.41) is 17.3. The minimum absolute atomic E-state index is 0.0839. The molecule has 0 spiro atoms. The molecular weight excluding hydrogens is 557 g/mol. The molecule has 1 unspecified atom stereocenters. The van der Waals surface area contributed by atoms with E-state index in [2.05, 4.69) is 20.9 Å². The van der Waals surface area contributed by atoms with Crippen molar-refractivity contribution in [2.24, 2.45) is 4.99 Å². The van der Waals surface area contributed by atoms with Gasteiger partial charge in [0.05, 0.1) is 31.3 Å². The standard InChI is InChI=1S/C28H25Cl2N5O5/c1-2-39-26(37)15-24(19-11-20(29)14-21(30)12-19)35-25(36)16-32-27(38)18-7-6-8-22(13-18)34-28(33-17-31)40-23-9-4-3-5-10-23/h3-14,24H,2,15-16H2,1H3,(H,32,38)(H,33,34)(H,35,36). The lowest BCUT2D eigenvalue weighted by Crippen LogP contribution is -2.39. The fraction of sp³-hybridized carbons (Fsp3) is 0.179. The van der Waals surface area contributed by atoms with Gasteiger partial charge in [0, 0.05) is 15.6 Å². The first-order chi connectivity index (χ1) is 19.3. The quantitative estimate of drug-likeness (QED) is 0.104. The van der Waals surface area contributed by atoms with Crippen LogP contribution >= 0.6 is 23.2 Å². The lowest BCUT2D eigenvalue weighted by Gasteiger charge is -2.19. The van der Waals surface area contributed by atoms with Crippen LogP contribution in [-0.2, 0) is 14.3 Å². The highest BCUT2D eigenvalue weighted by Crippen LogP contribution is 2.26. The monoisotopic (exact) mass is 581 g/mol. The maximum absolute atomic E-state index is 12.8. The van der Waals surface area contributed by atoms with Crippen LogP contribution in [0.1, 0.15) is 35.3 Å². The fourth-order valence-electron chi connectivity index (χ4n) is 3.48. The van der Waals surface area contributed by atoms with Crippen molar-refractivity contribution < 1.29 is 23.9 Å². The number of nitrogens with zero attached hydrogens (tertiary/aromatic N) is 2. The zero-order valence-corrected chi connectivity index (χ0v) is 22.8. The van der Waals surface area contributed by atoms with Gasteiger partial charge >= 0.3 is 12.0 Å². The van der Waals surface area contributed by atoms with E-state index in [1.54, 1.807) is 67.7 Å². The van der Waals surface area contributed by atoms with E-state index in [1.165, 1.54) is 12.1 Å². The second-order valence-electron chi connectivity index (χ2n) is 8.13. The Bertz CT molecular complexity index is 1410. The topological polar surface area (TPSA) is 142 Å². The minimum atomic E-state index is -0.784. The van der Waals surface area contributed by atoms with Crippen LogP contribution in [0.25, 0.3) is 0 Å². The summed E-state index contributed by atoms with van der Waals surface area (Å²) in [7, 11) is 0. The van der Waals surface area contributed by atoms with E-state index in [0.29, 0.717) is 27.0 Å². The molecule has 0 saturated carbocycles. The first kappa shape index (κ1) is 30.0. The molecule has 3 aromatic rings. The van der Waals surface area contributed by atoms with E-state index in [4.69, 9.17) is 37.9 Å². The van der Waals surface area contributed by atoms with Gasteiger partial charge in [0.2, 0.25) is 5.91 Å². The lowest BCUT2D eigenvalue weighted by atomic mass is 10.0. The SMILES string of the molecule is CCOC(=O)CC(NC(=O)CNC(=O)c1cccc(N=C(NC#N)Oc2ccccc2)c1)c1cc(Cl)cc(Cl)c1. The molecule has 1 atom stereocenters. The maximum atomic E-state index is 12.8. The van der Waals surface area contributed by atoms with Gasteiger partial charge in [0.1, 0.15) is 5.75 Å². The number of para-hydroxylation sites is 1. The number of hydrogen-bond acceptors (Lipinski definition) is 7. The fourth-order valence-corrected chi connectivity index (χ4v) is 4.02. The van der Waals surface area contributed by atoms with E-state index in [9.17, 15) is 14.4 Å². The van der Waals surface area contributed by atoms with Crippen LogP contribution < -0.4 is 20.7 Å². The zero-order valence-electron chi connectivity index (χ0n) is 21.3. The van der Waals surface area contributed by atoms with Crippen molar-refractivity contribution in [3.63, 3.8) is 0 Å². The molecule has 0 aromatic heterocycles. The molecule has 3 N–H and O–H groups in total. The molecule has 206 valence electrons. The predicted octanol–water partition coefficient (Wildman–Crippen LogP) is 4.67. The number of hydrogen-bond donors (Lipinski definition) is 3. The summed E-state index contributed by atoms with van der Waals surface area (Å²) in [5.41, 5.74) is 1.06. The Hall–Kier alpha value is -4.59. The van der Waals surface area contributed by atoms with Gasteiger partial charge < -0.3 is 20.1 Å². The van der Waals surface area contributed by atoms with Crippen LogP contribution in [0.2, 0.25) is 10.0 Å². The number of esters is 1. The summed E-state index contributed by atoms with van der Waals surface area (Å²) >= 11 is 12.2. The van der Waals surface area contributed by atoms with Gasteiger partial charge in [-0.2, -0.15) is 10.3 Å². The average molecular weight is 582 g/mol. The second-order valence-corrected chi connectivity index (χ2v) is 9.01. The Kier molecular flexibility index (Phi) is 11.3. The molecule has 10 nitrogen and oxygen atoms in total. The summed E-state index contributed by atoms with van der Waals surface area (Å²) < 4.78 is 10.6. The van der Waals surface area contributed by atoms with Gasteiger partial charge in [-0.1, -0.05) is 47.5 Å². The number of carbonyl (C=O) groups is 3. The number of nitriles is 1. The average Bonchev–Trinajstić information content (AvgIpc) is 2.92. The molecule has 2 amide bonds. The van der Waals surface area contributed by atoms with Crippen molar-refractivity contribution in [3.8, 4) is 11.9 Å².